The fraction of sp³-hybridized carbons (Fsp3) is 0.923. The second-order valence-corrected chi connectivity index (χ2v) is 4.43. The standard InChI is InChI=1S/C13H27NO2/c1-6-12(7-2)11(5)14-9-10(4)13(15)16-8-3/h10-12,14H,6-9H2,1-5H3. The van der Waals surface area contributed by atoms with E-state index in [0.717, 1.165) is 0 Å². The molecule has 0 aliphatic rings. The lowest BCUT2D eigenvalue weighted by Crippen LogP contribution is -2.38. The molecule has 0 heterocycles. The van der Waals surface area contributed by atoms with E-state index in [1.54, 1.807) is 0 Å². The molecule has 0 radical (unpaired) electrons. The molecule has 3 nitrogen and oxygen atoms in total. The highest BCUT2D eigenvalue weighted by molar-refractivity contribution is 5.72. The number of hydrogen-bond acceptors (Lipinski definition) is 3. The molecule has 0 aromatic rings. The van der Waals surface area contributed by atoms with Gasteiger partial charge in [-0.1, -0.05) is 33.6 Å². The zero-order valence-corrected chi connectivity index (χ0v) is 11.4. The van der Waals surface area contributed by atoms with Crippen LogP contribution in [0.25, 0.3) is 0 Å². The van der Waals surface area contributed by atoms with Crippen molar-refractivity contribution < 1.29 is 9.53 Å². The number of carbonyl (C=O) groups excluding carboxylic acids is 1. The second kappa shape index (κ2) is 8.57. The van der Waals surface area contributed by atoms with Gasteiger partial charge in [0.2, 0.25) is 0 Å². The molecule has 0 amide bonds. The molecule has 0 bridgehead atoms. The molecule has 3 heteroatoms. The third-order valence-corrected chi connectivity index (χ3v) is 3.19. The average Bonchev–Trinajstić information content (AvgIpc) is 2.27. The van der Waals surface area contributed by atoms with Crippen LogP contribution in [0, 0.1) is 11.8 Å². The van der Waals surface area contributed by atoms with Crippen molar-refractivity contribution in [3.8, 4) is 0 Å². The fourth-order valence-corrected chi connectivity index (χ4v) is 1.89. The maximum atomic E-state index is 11.4. The van der Waals surface area contributed by atoms with Gasteiger partial charge in [0.15, 0.2) is 0 Å². The summed E-state index contributed by atoms with van der Waals surface area (Å²) in [5.41, 5.74) is 0. The van der Waals surface area contributed by atoms with Gasteiger partial charge in [0, 0.05) is 12.6 Å². The van der Waals surface area contributed by atoms with Gasteiger partial charge in [-0.25, -0.2) is 0 Å². The smallest absolute Gasteiger partial charge is 0.309 e. The first-order chi connectivity index (χ1) is 7.56. The van der Waals surface area contributed by atoms with Gasteiger partial charge >= 0.3 is 5.97 Å². The molecular formula is C13H27NO2. The van der Waals surface area contributed by atoms with E-state index in [2.05, 4.69) is 26.1 Å². The van der Waals surface area contributed by atoms with Crippen molar-refractivity contribution >= 4 is 5.97 Å². The van der Waals surface area contributed by atoms with Gasteiger partial charge < -0.3 is 10.1 Å². The molecule has 0 aromatic carbocycles. The Morgan fingerprint density at radius 2 is 1.75 bits per heavy atom. The highest BCUT2D eigenvalue weighted by Gasteiger charge is 2.17. The van der Waals surface area contributed by atoms with Gasteiger partial charge in [0.1, 0.15) is 0 Å². The zero-order valence-electron chi connectivity index (χ0n) is 11.4. The maximum absolute atomic E-state index is 11.4. The Morgan fingerprint density at radius 1 is 1.19 bits per heavy atom. The molecule has 0 saturated carbocycles. The minimum Gasteiger partial charge on any atom is -0.466 e. The molecule has 96 valence electrons. The van der Waals surface area contributed by atoms with Gasteiger partial charge in [-0.05, 0) is 19.8 Å². The lowest BCUT2D eigenvalue weighted by Gasteiger charge is -2.23. The van der Waals surface area contributed by atoms with Crippen LogP contribution < -0.4 is 5.32 Å². The minimum absolute atomic E-state index is 0.0586. The topological polar surface area (TPSA) is 38.3 Å². The fourth-order valence-electron chi connectivity index (χ4n) is 1.89. The van der Waals surface area contributed by atoms with E-state index in [4.69, 9.17) is 4.74 Å². The van der Waals surface area contributed by atoms with Crippen LogP contribution >= 0.6 is 0 Å². The van der Waals surface area contributed by atoms with Crippen molar-refractivity contribution in [1.82, 2.24) is 5.32 Å². The van der Waals surface area contributed by atoms with Gasteiger partial charge in [-0.3, -0.25) is 4.79 Å². The number of hydrogen-bond donors (Lipinski definition) is 1. The summed E-state index contributed by atoms with van der Waals surface area (Å²) >= 11 is 0. The molecule has 0 spiro atoms. The SMILES string of the molecule is CCOC(=O)C(C)CNC(C)C(CC)CC. The van der Waals surface area contributed by atoms with Gasteiger partial charge in [-0.15, -0.1) is 0 Å². The van der Waals surface area contributed by atoms with E-state index in [1.165, 1.54) is 12.8 Å². The van der Waals surface area contributed by atoms with Gasteiger partial charge in [0.05, 0.1) is 12.5 Å². The number of ether oxygens (including phenoxy) is 1. The Labute approximate surface area is 99.9 Å². The summed E-state index contributed by atoms with van der Waals surface area (Å²) < 4.78 is 4.97. The van der Waals surface area contributed by atoms with Crippen LogP contribution in [0.2, 0.25) is 0 Å². The number of esters is 1. The molecule has 1 N–H and O–H groups in total. The van der Waals surface area contributed by atoms with Crippen molar-refractivity contribution in [3.05, 3.63) is 0 Å². The summed E-state index contributed by atoms with van der Waals surface area (Å²) in [6, 6.07) is 0.465. The number of rotatable bonds is 8. The summed E-state index contributed by atoms with van der Waals surface area (Å²) in [7, 11) is 0. The van der Waals surface area contributed by atoms with Crippen molar-refractivity contribution in [2.24, 2.45) is 11.8 Å². The molecule has 2 unspecified atom stereocenters. The Bertz CT molecular complexity index is 190. The highest BCUT2D eigenvalue weighted by atomic mass is 16.5. The van der Waals surface area contributed by atoms with E-state index in [0.29, 0.717) is 25.1 Å². The first kappa shape index (κ1) is 15.4. The summed E-state index contributed by atoms with van der Waals surface area (Å²) in [6.07, 6.45) is 2.36. The van der Waals surface area contributed by atoms with E-state index < -0.39 is 0 Å². The van der Waals surface area contributed by atoms with Crippen molar-refractivity contribution in [3.63, 3.8) is 0 Å². The second-order valence-electron chi connectivity index (χ2n) is 4.43. The summed E-state index contributed by atoms with van der Waals surface area (Å²) in [5.74, 6) is 0.526. The van der Waals surface area contributed by atoms with Crippen molar-refractivity contribution in [1.29, 1.82) is 0 Å². The summed E-state index contributed by atoms with van der Waals surface area (Å²) in [6.45, 7) is 11.5. The molecule has 0 saturated heterocycles. The molecule has 16 heavy (non-hydrogen) atoms. The third kappa shape index (κ3) is 5.50. The van der Waals surface area contributed by atoms with Gasteiger partial charge in [0.25, 0.3) is 0 Å². The van der Waals surface area contributed by atoms with E-state index in [9.17, 15) is 4.79 Å². The van der Waals surface area contributed by atoms with Crippen LogP contribution in [0.3, 0.4) is 0 Å². The highest BCUT2D eigenvalue weighted by Crippen LogP contribution is 2.12. The van der Waals surface area contributed by atoms with Crippen LogP contribution in [-0.4, -0.2) is 25.2 Å². The molecule has 2 atom stereocenters. The molecule has 0 rings (SSSR count). The third-order valence-electron chi connectivity index (χ3n) is 3.19. The Kier molecular flexibility index (Phi) is 8.26. The number of nitrogens with one attached hydrogen (secondary N) is 1. The normalized spacial score (nSPS) is 14.9. The van der Waals surface area contributed by atoms with Gasteiger partial charge in [-0.2, -0.15) is 0 Å². The molecule has 0 aromatic heterocycles. The summed E-state index contributed by atoms with van der Waals surface area (Å²) in [5, 5.41) is 3.42. The molecular weight excluding hydrogens is 202 g/mol. The predicted octanol–water partition coefficient (Wildman–Crippen LogP) is 2.60. The van der Waals surface area contributed by atoms with Crippen molar-refractivity contribution in [2.45, 2.75) is 53.5 Å². The Balaban J connectivity index is 3.90. The largest absolute Gasteiger partial charge is 0.466 e. The van der Waals surface area contributed by atoms with Crippen LogP contribution in [-0.2, 0) is 9.53 Å². The Hall–Kier alpha value is -0.570. The maximum Gasteiger partial charge on any atom is 0.309 e. The first-order valence-corrected chi connectivity index (χ1v) is 6.46. The number of carbonyl (C=O) groups is 1. The van der Waals surface area contributed by atoms with Crippen molar-refractivity contribution in [2.75, 3.05) is 13.2 Å². The minimum atomic E-state index is -0.105. The van der Waals surface area contributed by atoms with E-state index >= 15 is 0 Å². The molecule has 0 aliphatic carbocycles. The first-order valence-electron chi connectivity index (χ1n) is 6.46. The van der Waals surface area contributed by atoms with Crippen LogP contribution in [0.15, 0.2) is 0 Å². The monoisotopic (exact) mass is 229 g/mol. The zero-order chi connectivity index (χ0) is 12.6. The lowest BCUT2D eigenvalue weighted by molar-refractivity contribution is -0.147. The quantitative estimate of drug-likeness (QED) is 0.650. The average molecular weight is 229 g/mol. The van der Waals surface area contributed by atoms with E-state index in [-0.39, 0.29) is 11.9 Å². The van der Waals surface area contributed by atoms with Crippen LogP contribution in [0.1, 0.15) is 47.5 Å². The molecule has 0 aliphatic heterocycles. The Morgan fingerprint density at radius 3 is 2.19 bits per heavy atom. The van der Waals surface area contributed by atoms with E-state index in [1.807, 2.05) is 13.8 Å². The van der Waals surface area contributed by atoms with Crippen LogP contribution in [0.5, 0.6) is 0 Å². The lowest BCUT2D eigenvalue weighted by atomic mass is 9.95. The summed E-state index contributed by atoms with van der Waals surface area (Å²) in [4.78, 5) is 11.4. The van der Waals surface area contributed by atoms with Crippen LogP contribution in [0.4, 0.5) is 0 Å². The predicted molar refractivity (Wildman–Crippen MR) is 67.3 cm³/mol. The molecule has 0 fully saturated rings.